The standard InChI is InChI=1S/C14H15BrFNO4/c15-9-3-8(4-10(16)5-9)6-17-2-1-11(13(18)19)12(7-17)14(20)21/h3-5,11-12H,1-2,6-7H2,(H,18,19)(H,20,21). The Morgan fingerprint density at radius 3 is 2.48 bits per heavy atom. The Bertz CT molecular complexity index is 546. The highest BCUT2D eigenvalue weighted by Crippen LogP contribution is 2.26. The largest absolute Gasteiger partial charge is 0.481 e. The van der Waals surface area contributed by atoms with Gasteiger partial charge in [0.1, 0.15) is 5.82 Å². The summed E-state index contributed by atoms with van der Waals surface area (Å²) in [5.74, 6) is -4.34. The lowest BCUT2D eigenvalue weighted by Crippen LogP contribution is -2.46. The second-order valence-corrected chi connectivity index (χ2v) is 6.11. The van der Waals surface area contributed by atoms with Crippen LogP contribution >= 0.6 is 15.9 Å². The van der Waals surface area contributed by atoms with Gasteiger partial charge in [-0.05, 0) is 36.7 Å². The third-order valence-electron chi connectivity index (χ3n) is 3.66. The number of carbonyl (C=O) groups is 2. The SMILES string of the molecule is O=C(O)C1CCN(Cc2cc(F)cc(Br)c2)CC1C(=O)O. The van der Waals surface area contributed by atoms with Crippen molar-refractivity contribution in [2.45, 2.75) is 13.0 Å². The number of carboxylic acids is 2. The molecule has 114 valence electrons. The zero-order chi connectivity index (χ0) is 15.6. The predicted octanol–water partition coefficient (Wildman–Crippen LogP) is 2.20. The molecule has 2 rings (SSSR count). The molecule has 1 aliphatic heterocycles. The highest BCUT2D eigenvalue weighted by molar-refractivity contribution is 9.10. The molecule has 1 aromatic carbocycles. The van der Waals surface area contributed by atoms with Crippen molar-refractivity contribution >= 4 is 27.9 Å². The van der Waals surface area contributed by atoms with Crippen LogP contribution in [0.4, 0.5) is 4.39 Å². The summed E-state index contributed by atoms with van der Waals surface area (Å²) in [7, 11) is 0. The molecule has 2 N–H and O–H groups in total. The number of hydrogen-bond donors (Lipinski definition) is 2. The molecular weight excluding hydrogens is 345 g/mol. The smallest absolute Gasteiger partial charge is 0.308 e. The molecule has 21 heavy (non-hydrogen) atoms. The Morgan fingerprint density at radius 1 is 1.24 bits per heavy atom. The third kappa shape index (κ3) is 4.01. The molecule has 1 aliphatic rings. The van der Waals surface area contributed by atoms with E-state index in [1.165, 1.54) is 12.1 Å². The third-order valence-corrected chi connectivity index (χ3v) is 4.12. The molecule has 0 bridgehead atoms. The van der Waals surface area contributed by atoms with E-state index in [1.807, 2.05) is 4.90 Å². The van der Waals surface area contributed by atoms with Crippen molar-refractivity contribution in [3.8, 4) is 0 Å². The van der Waals surface area contributed by atoms with E-state index in [0.717, 1.165) is 5.56 Å². The van der Waals surface area contributed by atoms with E-state index in [-0.39, 0.29) is 18.8 Å². The fourth-order valence-electron chi connectivity index (χ4n) is 2.67. The Kier molecular flexibility index (Phi) is 4.95. The summed E-state index contributed by atoms with van der Waals surface area (Å²) in [5, 5.41) is 18.2. The van der Waals surface area contributed by atoms with Gasteiger partial charge < -0.3 is 10.2 Å². The number of nitrogens with zero attached hydrogens (tertiary/aromatic N) is 1. The minimum Gasteiger partial charge on any atom is -0.481 e. The van der Waals surface area contributed by atoms with Crippen LogP contribution in [0.3, 0.4) is 0 Å². The van der Waals surface area contributed by atoms with Gasteiger partial charge in [-0.15, -0.1) is 0 Å². The first-order chi connectivity index (χ1) is 9.86. The van der Waals surface area contributed by atoms with Gasteiger partial charge in [-0.3, -0.25) is 14.5 Å². The molecule has 0 spiro atoms. The molecule has 0 amide bonds. The Morgan fingerprint density at radius 2 is 1.90 bits per heavy atom. The first-order valence-corrected chi connectivity index (χ1v) is 7.29. The normalized spacial score (nSPS) is 23.0. The summed E-state index contributed by atoms with van der Waals surface area (Å²) in [6.07, 6.45) is 0.281. The van der Waals surface area contributed by atoms with Crippen molar-refractivity contribution in [3.63, 3.8) is 0 Å². The Hall–Kier alpha value is -1.47. The molecule has 0 aromatic heterocycles. The zero-order valence-electron chi connectivity index (χ0n) is 11.1. The fourth-order valence-corrected chi connectivity index (χ4v) is 3.18. The van der Waals surface area contributed by atoms with Crippen LogP contribution < -0.4 is 0 Å². The van der Waals surface area contributed by atoms with Gasteiger partial charge in [-0.1, -0.05) is 15.9 Å². The average molecular weight is 360 g/mol. The van der Waals surface area contributed by atoms with Crippen molar-refractivity contribution < 1.29 is 24.2 Å². The number of aliphatic carboxylic acids is 2. The van der Waals surface area contributed by atoms with Crippen molar-refractivity contribution in [1.29, 1.82) is 0 Å². The number of halogens is 2. The summed E-state index contributed by atoms with van der Waals surface area (Å²) >= 11 is 3.21. The molecule has 1 heterocycles. The number of rotatable bonds is 4. The van der Waals surface area contributed by atoms with Crippen molar-refractivity contribution in [1.82, 2.24) is 4.90 Å². The second-order valence-electron chi connectivity index (χ2n) is 5.19. The Labute approximate surface area is 129 Å². The summed E-state index contributed by atoms with van der Waals surface area (Å²) in [4.78, 5) is 24.2. The molecule has 5 nitrogen and oxygen atoms in total. The maximum absolute atomic E-state index is 13.3. The average Bonchev–Trinajstić information content (AvgIpc) is 2.36. The van der Waals surface area contributed by atoms with Gasteiger partial charge in [0, 0.05) is 17.6 Å². The molecular formula is C14H15BrFNO4. The van der Waals surface area contributed by atoms with E-state index in [0.29, 0.717) is 17.6 Å². The van der Waals surface area contributed by atoms with Crippen LogP contribution in [0, 0.1) is 17.7 Å². The van der Waals surface area contributed by atoms with Gasteiger partial charge in [0.05, 0.1) is 11.8 Å². The first kappa shape index (κ1) is 15.9. The number of likely N-dealkylation sites (tertiary alicyclic amines) is 1. The highest BCUT2D eigenvalue weighted by atomic mass is 79.9. The predicted molar refractivity (Wildman–Crippen MR) is 76.2 cm³/mol. The topological polar surface area (TPSA) is 77.8 Å². The summed E-state index contributed by atoms with van der Waals surface area (Å²) in [6.45, 7) is 1.03. The van der Waals surface area contributed by atoms with E-state index >= 15 is 0 Å². The molecule has 0 radical (unpaired) electrons. The number of piperidine rings is 1. The van der Waals surface area contributed by atoms with E-state index in [9.17, 15) is 19.1 Å². The first-order valence-electron chi connectivity index (χ1n) is 6.49. The lowest BCUT2D eigenvalue weighted by molar-refractivity contribution is -0.157. The van der Waals surface area contributed by atoms with E-state index < -0.39 is 23.8 Å². The van der Waals surface area contributed by atoms with Crippen LogP contribution in [0.1, 0.15) is 12.0 Å². The van der Waals surface area contributed by atoms with Gasteiger partial charge in [0.15, 0.2) is 0 Å². The van der Waals surface area contributed by atoms with Crippen LogP contribution in [0.2, 0.25) is 0 Å². The fraction of sp³-hybridized carbons (Fsp3) is 0.429. The summed E-state index contributed by atoms with van der Waals surface area (Å²) in [5.41, 5.74) is 0.722. The molecule has 7 heteroatoms. The zero-order valence-corrected chi connectivity index (χ0v) is 12.7. The highest BCUT2D eigenvalue weighted by Gasteiger charge is 2.38. The molecule has 0 aliphatic carbocycles. The van der Waals surface area contributed by atoms with Gasteiger partial charge in [0.25, 0.3) is 0 Å². The van der Waals surface area contributed by atoms with Gasteiger partial charge in [-0.2, -0.15) is 0 Å². The minimum atomic E-state index is -1.10. The van der Waals surface area contributed by atoms with Gasteiger partial charge >= 0.3 is 11.9 Å². The number of hydrogen-bond acceptors (Lipinski definition) is 3. The summed E-state index contributed by atoms with van der Waals surface area (Å²) in [6, 6.07) is 4.51. The monoisotopic (exact) mass is 359 g/mol. The van der Waals surface area contributed by atoms with Crippen LogP contribution in [-0.2, 0) is 16.1 Å². The maximum atomic E-state index is 13.3. The van der Waals surface area contributed by atoms with Crippen LogP contribution in [0.5, 0.6) is 0 Å². The van der Waals surface area contributed by atoms with Crippen LogP contribution in [0.15, 0.2) is 22.7 Å². The van der Waals surface area contributed by atoms with Gasteiger partial charge in [-0.25, -0.2) is 4.39 Å². The van der Waals surface area contributed by atoms with E-state index in [2.05, 4.69) is 15.9 Å². The molecule has 1 fully saturated rings. The molecule has 1 aromatic rings. The van der Waals surface area contributed by atoms with Gasteiger partial charge in [0.2, 0.25) is 0 Å². The quantitative estimate of drug-likeness (QED) is 0.861. The van der Waals surface area contributed by atoms with E-state index in [4.69, 9.17) is 5.11 Å². The van der Waals surface area contributed by atoms with Crippen molar-refractivity contribution in [2.75, 3.05) is 13.1 Å². The second kappa shape index (κ2) is 6.53. The molecule has 0 saturated carbocycles. The lowest BCUT2D eigenvalue weighted by Gasteiger charge is -2.34. The van der Waals surface area contributed by atoms with Crippen LogP contribution in [0.25, 0.3) is 0 Å². The van der Waals surface area contributed by atoms with Crippen molar-refractivity contribution in [2.24, 2.45) is 11.8 Å². The van der Waals surface area contributed by atoms with Crippen LogP contribution in [-0.4, -0.2) is 40.1 Å². The number of carboxylic acid groups (broad SMARTS) is 2. The minimum absolute atomic E-state index is 0.153. The maximum Gasteiger partial charge on any atom is 0.308 e. The number of benzene rings is 1. The Balaban J connectivity index is 2.09. The molecule has 1 saturated heterocycles. The molecule has 2 unspecified atom stereocenters. The van der Waals surface area contributed by atoms with E-state index in [1.54, 1.807) is 6.07 Å². The van der Waals surface area contributed by atoms with Crippen molar-refractivity contribution in [3.05, 3.63) is 34.1 Å². The summed E-state index contributed by atoms with van der Waals surface area (Å²) < 4.78 is 14.0. The lowest BCUT2D eigenvalue weighted by atomic mass is 9.85. The molecule has 2 atom stereocenters.